The molecular formula is C14H21N3O2. The van der Waals surface area contributed by atoms with Gasteiger partial charge in [0.15, 0.2) is 0 Å². The molecule has 3 atom stereocenters. The third-order valence-corrected chi connectivity index (χ3v) is 3.99. The first-order chi connectivity index (χ1) is 8.96. The average molecular weight is 263 g/mol. The Labute approximate surface area is 113 Å². The molecule has 1 N–H and O–H groups in total. The van der Waals surface area contributed by atoms with Gasteiger partial charge in [0.25, 0.3) is 0 Å². The lowest BCUT2D eigenvalue weighted by atomic mass is 9.98. The molecule has 2 heterocycles. The Morgan fingerprint density at radius 2 is 2.26 bits per heavy atom. The van der Waals surface area contributed by atoms with E-state index < -0.39 is 5.60 Å². The first-order valence-corrected chi connectivity index (χ1v) is 6.96. The summed E-state index contributed by atoms with van der Waals surface area (Å²) in [5.74, 6) is 1.40. The number of imidazole rings is 1. The van der Waals surface area contributed by atoms with Crippen LogP contribution in [0.1, 0.15) is 51.9 Å². The highest BCUT2D eigenvalue weighted by Crippen LogP contribution is 2.49. The Balaban J connectivity index is 1.84. The van der Waals surface area contributed by atoms with Crippen molar-refractivity contribution < 1.29 is 9.53 Å². The molecular weight excluding hydrogens is 242 g/mol. The molecule has 2 fully saturated rings. The van der Waals surface area contributed by atoms with Crippen molar-refractivity contribution in [3.63, 3.8) is 0 Å². The molecule has 1 saturated carbocycles. The van der Waals surface area contributed by atoms with Crippen LogP contribution in [0.25, 0.3) is 0 Å². The second-order valence-corrected chi connectivity index (χ2v) is 6.53. The maximum Gasteiger partial charge on any atom is 0.411 e. The van der Waals surface area contributed by atoms with Crippen molar-refractivity contribution in [3.05, 3.63) is 18.2 Å². The maximum absolute atomic E-state index is 12.4. The fourth-order valence-corrected chi connectivity index (χ4v) is 3.36. The molecule has 19 heavy (non-hydrogen) atoms. The number of amides is 1. The van der Waals surface area contributed by atoms with Crippen LogP contribution in [-0.2, 0) is 4.74 Å². The number of hydrogen-bond donors (Lipinski definition) is 1. The molecule has 0 radical (unpaired) electrons. The number of nitrogens with zero attached hydrogens (tertiary/aromatic N) is 2. The molecule has 1 aromatic heterocycles. The van der Waals surface area contributed by atoms with Crippen LogP contribution in [0, 0.1) is 5.92 Å². The van der Waals surface area contributed by atoms with Crippen molar-refractivity contribution in [2.45, 2.75) is 57.7 Å². The molecule has 5 nitrogen and oxygen atoms in total. The van der Waals surface area contributed by atoms with Crippen LogP contribution >= 0.6 is 0 Å². The van der Waals surface area contributed by atoms with E-state index in [-0.39, 0.29) is 12.1 Å². The minimum atomic E-state index is -0.452. The van der Waals surface area contributed by atoms with E-state index in [2.05, 4.69) is 9.97 Å². The largest absolute Gasteiger partial charge is 0.444 e. The van der Waals surface area contributed by atoms with Crippen LogP contribution in [0.4, 0.5) is 4.79 Å². The minimum Gasteiger partial charge on any atom is -0.444 e. The van der Waals surface area contributed by atoms with Gasteiger partial charge in [-0.25, -0.2) is 9.78 Å². The van der Waals surface area contributed by atoms with Crippen molar-refractivity contribution in [2.75, 3.05) is 0 Å². The molecule has 1 aliphatic heterocycles. The molecule has 5 heteroatoms. The highest BCUT2D eigenvalue weighted by atomic mass is 16.6. The monoisotopic (exact) mass is 263 g/mol. The Kier molecular flexibility index (Phi) is 2.80. The summed E-state index contributed by atoms with van der Waals surface area (Å²) in [6, 6.07) is 0.374. The van der Waals surface area contributed by atoms with Gasteiger partial charge >= 0.3 is 6.09 Å². The van der Waals surface area contributed by atoms with Gasteiger partial charge in [-0.1, -0.05) is 0 Å². The van der Waals surface area contributed by atoms with Crippen LogP contribution in [0.3, 0.4) is 0 Å². The van der Waals surface area contributed by atoms with Gasteiger partial charge in [0.2, 0.25) is 0 Å². The summed E-state index contributed by atoms with van der Waals surface area (Å²) >= 11 is 0. The Morgan fingerprint density at radius 1 is 1.47 bits per heavy atom. The van der Waals surface area contributed by atoms with Crippen molar-refractivity contribution in [1.29, 1.82) is 0 Å². The van der Waals surface area contributed by atoms with E-state index in [1.54, 1.807) is 6.20 Å². The predicted octanol–water partition coefficient (Wildman–Crippen LogP) is 2.87. The number of rotatable bonds is 1. The van der Waals surface area contributed by atoms with E-state index in [0.717, 1.165) is 18.7 Å². The lowest BCUT2D eigenvalue weighted by Crippen LogP contribution is -2.43. The van der Waals surface area contributed by atoms with Gasteiger partial charge in [0.1, 0.15) is 11.4 Å². The number of ether oxygens (including phenoxy) is 1. The number of H-pyrrole nitrogens is 1. The number of aromatic amines is 1. The molecule has 0 aromatic carbocycles. The molecule has 3 unspecified atom stereocenters. The summed E-state index contributed by atoms with van der Waals surface area (Å²) < 4.78 is 5.55. The predicted molar refractivity (Wildman–Crippen MR) is 70.5 cm³/mol. The van der Waals surface area contributed by atoms with Gasteiger partial charge < -0.3 is 9.72 Å². The first-order valence-electron chi connectivity index (χ1n) is 6.96. The molecule has 2 aliphatic rings. The SMILES string of the molecule is CC(C)(C)OC(=O)N1C2CCC(C2)C1c1ncc[nH]1. The van der Waals surface area contributed by atoms with Gasteiger partial charge in [-0.3, -0.25) is 4.90 Å². The molecule has 2 bridgehead atoms. The van der Waals surface area contributed by atoms with Gasteiger partial charge in [-0.15, -0.1) is 0 Å². The summed E-state index contributed by atoms with van der Waals surface area (Å²) in [6.07, 6.45) is 6.69. The third-order valence-electron chi connectivity index (χ3n) is 3.99. The van der Waals surface area contributed by atoms with Gasteiger partial charge in [-0.2, -0.15) is 0 Å². The van der Waals surface area contributed by atoms with Crippen LogP contribution in [0.5, 0.6) is 0 Å². The lowest BCUT2D eigenvalue weighted by Gasteiger charge is -2.35. The number of carbonyl (C=O) groups excluding carboxylic acids is 1. The van der Waals surface area contributed by atoms with Gasteiger partial charge in [-0.05, 0) is 46.0 Å². The smallest absolute Gasteiger partial charge is 0.411 e. The van der Waals surface area contributed by atoms with Crippen LogP contribution in [-0.4, -0.2) is 32.6 Å². The van der Waals surface area contributed by atoms with Crippen molar-refractivity contribution in [1.82, 2.24) is 14.9 Å². The summed E-state index contributed by atoms with van der Waals surface area (Å²) in [7, 11) is 0. The molecule has 1 aromatic rings. The van der Waals surface area contributed by atoms with E-state index in [0.29, 0.717) is 12.0 Å². The summed E-state index contributed by atoms with van der Waals surface area (Å²) in [5.41, 5.74) is -0.452. The fraction of sp³-hybridized carbons (Fsp3) is 0.714. The molecule has 1 aliphatic carbocycles. The normalized spacial score (nSPS) is 29.8. The van der Waals surface area contributed by atoms with Crippen LogP contribution < -0.4 is 0 Å². The number of aromatic nitrogens is 2. The highest BCUT2D eigenvalue weighted by Gasteiger charge is 2.50. The van der Waals surface area contributed by atoms with Crippen molar-refractivity contribution in [3.8, 4) is 0 Å². The van der Waals surface area contributed by atoms with E-state index in [1.165, 1.54) is 6.42 Å². The number of nitrogens with one attached hydrogen (secondary N) is 1. The summed E-state index contributed by atoms with van der Waals surface area (Å²) in [5, 5.41) is 0. The minimum absolute atomic E-state index is 0.0589. The van der Waals surface area contributed by atoms with Gasteiger partial charge in [0, 0.05) is 18.4 Å². The number of carbonyl (C=O) groups is 1. The van der Waals surface area contributed by atoms with E-state index in [4.69, 9.17) is 4.74 Å². The number of hydrogen-bond acceptors (Lipinski definition) is 3. The lowest BCUT2D eigenvalue weighted by molar-refractivity contribution is 0.00620. The topological polar surface area (TPSA) is 58.2 Å². The number of piperidine rings is 1. The standard InChI is InChI=1S/C14H21N3O2/c1-14(2,3)19-13(18)17-10-5-4-9(8-10)11(17)12-15-6-7-16-12/h6-7,9-11H,4-5,8H2,1-3H3,(H,15,16). The zero-order chi connectivity index (χ0) is 13.6. The highest BCUT2D eigenvalue weighted by molar-refractivity contribution is 5.70. The maximum atomic E-state index is 12.4. The Hall–Kier alpha value is -1.52. The molecule has 1 amide bonds. The zero-order valence-electron chi connectivity index (χ0n) is 11.7. The zero-order valence-corrected chi connectivity index (χ0v) is 11.7. The second kappa shape index (κ2) is 4.25. The van der Waals surface area contributed by atoms with E-state index in [1.807, 2.05) is 31.9 Å². The number of fused-ring (bicyclic) bond motifs is 2. The summed E-state index contributed by atoms with van der Waals surface area (Å²) in [4.78, 5) is 21.8. The second-order valence-electron chi connectivity index (χ2n) is 6.53. The quantitative estimate of drug-likeness (QED) is 0.847. The van der Waals surface area contributed by atoms with Crippen molar-refractivity contribution in [2.24, 2.45) is 5.92 Å². The Morgan fingerprint density at radius 3 is 2.89 bits per heavy atom. The Bertz CT molecular complexity index is 464. The van der Waals surface area contributed by atoms with E-state index in [9.17, 15) is 4.79 Å². The average Bonchev–Trinajstić information content (AvgIpc) is 3.02. The summed E-state index contributed by atoms with van der Waals surface area (Å²) in [6.45, 7) is 5.71. The molecule has 104 valence electrons. The molecule has 3 rings (SSSR count). The molecule has 0 spiro atoms. The number of likely N-dealkylation sites (tertiary alicyclic amines) is 1. The fourth-order valence-electron chi connectivity index (χ4n) is 3.36. The first kappa shape index (κ1) is 12.5. The van der Waals surface area contributed by atoms with Crippen LogP contribution in [0.15, 0.2) is 12.4 Å². The van der Waals surface area contributed by atoms with E-state index >= 15 is 0 Å². The van der Waals surface area contributed by atoms with Crippen LogP contribution in [0.2, 0.25) is 0 Å². The molecule has 1 saturated heterocycles. The third kappa shape index (κ3) is 2.22. The van der Waals surface area contributed by atoms with Crippen molar-refractivity contribution >= 4 is 6.09 Å². The van der Waals surface area contributed by atoms with Gasteiger partial charge in [0.05, 0.1) is 6.04 Å².